The summed E-state index contributed by atoms with van der Waals surface area (Å²) in [7, 11) is 0. The lowest BCUT2D eigenvalue weighted by atomic mass is 9.88. The van der Waals surface area contributed by atoms with E-state index in [9.17, 15) is 0 Å². The summed E-state index contributed by atoms with van der Waals surface area (Å²) in [4.78, 5) is 0. The number of anilines is 1. The normalized spacial score (nSPS) is 27.6. The van der Waals surface area contributed by atoms with Crippen LogP contribution < -0.4 is 5.73 Å². The van der Waals surface area contributed by atoms with Gasteiger partial charge in [-0.2, -0.15) is 5.10 Å². The Morgan fingerprint density at radius 1 is 1.54 bits per heavy atom. The Morgan fingerprint density at radius 2 is 2.23 bits per heavy atom. The van der Waals surface area contributed by atoms with E-state index >= 15 is 0 Å². The summed E-state index contributed by atoms with van der Waals surface area (Å²) in [6.07, 6.45) is 1.27. The smallest absolute Gasteiger partial charge is 0.145 e. The number of hydrogen-bond donors (Lipinski definition) is 2. The van der Waals surface area contributed by atoms with Crippen LogP contribution in [0.4, 0.5) is 5.82 Å². The van der Waals surface area contributed by atoms with Gasteiger partial charge >= 0.3 is 0 Å². The fraction of sp³-hybridized carbons (Fsp3) is 0.700. The summed E-state index contributed by atoms with van der Waals surface area (Å²) in [5.41, 5.74) is 7.17. The van der Waals surface area contributed by atoms with Crippen molar-refractivity contribution < 1.29 is 0 Å². The Hall–Kier alpha value is -0.990. The molecule has 1 saturated carbocycles. The lowest BCUT2D eigenvalue weighted by Gasteiger charge is -2.17. The van der Waals surface area contributed by atoms with E-state index in [2.05, 4.69) is 31.0 Å². The van der Waals surface area contributed by atoms with Gasteiger partial charge in [0.15, 0.2) is 0 Å². The fourth-order valence-electron chi connectivity index (χ4n) is 2.04. The zero-order chi connectivity index (χ0) is 9.64. The monoisotopic (exact) mass is 179 g/mol. The van der Waals surface area contributed by atoms with Gasteiger partial charge in [0, 0.05) is 17.7 Å². The molecule has 1 aromatic heterocycles. The molecule has 0 aliphatic heterocycles. The predicted molar refractivity (Wildman–Crippen MR) is 53.3 cm³/mol. The zero-order valence-electron chi connectivity index (χ0n) is 8.46. The fourth-order valence-corrected chi connectivity index (χ4v) is 2.04. The average Bonchev–Trinajstić information content (AvgIpc) is 2.69. The van der Waals surface area contributed by atoms with Gasteiger partial charge in [-0.15, -0.1) is 0 Å². The van der Waals surface area contributed by atoms with Gasteiger partial charge in [0.05, 0.1) is 0 Å². The van der Waals surface area contributed by atoms with E-state index in [0.29, 0.717) is 17.2 Å². The van der Waals surface area contributed by atoms with Gasteiger partial charge in [0.25, 0.3) is 0 Å². The SMILES string of the molecule is CC(C)(C)C1CC1c1cc(N)n[nH]1. The number of nitrogen functional groups attached to an aromatic ring is 1. The highest BCUT2D eigenvalue weighted by molar-refractivity contribution is 5.33. The summed E-state index contributed by atoms with van der Waals surface area (Å²) in [5, 5.41) is 6.94. The summed E-state index contributed by atoms with van der Waals surface area (Å²) < 4.78 is 0. The molecule has 0 radical (unpaired) electrons. The number of rotatable bonds is 1. The quantitative estimate of drug-likeness (QED) is 0.694. The first kappa shape index (κ1) is 8.60. The van der Waals surface area contributed by atoms with E-state index in [1.165, 1.54) is 12.1 Å². The Balaban J connectivity index is 2.08. The van der Waals surface area contributed by atoms with Gasteiger partial charge in [0.2, 0.25) is 0 Å². The molecular weight excluding hydrogens is 162 g/mol. The van der Waals surface area contributed by atoms with Crippen molar-refractivity contribution in [2.24, 2.45) is 11.3 Å². The first-order valence-electron chi connectivity index (χ1n) is 4.79. The van der Waals surface area contributed by atoms with Crippen molar-refractivity contribution in [3.63, 3.8) is 0 Å². The molecule has 3 N–H and O–H groups in total. The van der Waals surface area contributed by atoms with Gasteiger partial charge in [-0.05, 0) is 17.8 Å². The first-order valence-corrected chi connectivity index (χ1v) is 4.79. The van der Waals surface area contributed by atoms with E-state index in [1.54, 1.807) is 0 Å². The van der Waals surface area contributed by atoms with Crippen LogP contribution in [0.1, 0.15) is 38.8 Å². The van der Waals surface area contributed by atoms with Crippen molar-refractivity contribution in [1.82, 2.24) is 10.2 Å². The van der Waals surface area contributed by atoms with Crippen LogP contribution in [0.15, 0.2) is 6.07 Å². The second-order valence-electron chi connectivity index (χ2n) is 5.06. The third-order valence-electron chi connectivity index (χ3n) is 2.92. The van der Waals surface area contributed by atoms with Crippen LogP contribution in [0.2, 0.25) is 0 Å². The zero-order valence-corrected chi connectivity index (χ0v) is 8.46. The Labute approximate surface area is 78.7 Å². The van der Waals surface area contributed by atoms with Crippen molar-refractivity contribution in [2.45, 2.75) is 33.1 Å². The van der Waals surface area contributed by atoms with Crippen LogP contribution in [-0.2, 0) is 0 Å². The average molecular weight is 179 g/mol. The lowest BCUT2D eigenvalue weighted by molar-refractivity contribution is 0.342. The molecule has 72 valence electrons. The predicted octanol–water partition coefficient (Wildman–Crippen LogP) is 2.14. The molecule has 3 heteroatoms. The topological polar surface area (TPSA) is 54.7 Å². The molecule has 2 unspecified atom stereocenters. The number of hydrogen-bond acceptors (Lipinski definition) is 2. The van der Waals surface area contributed by atoms with Gasteiger partial charge in [-0.25, -0.2) is 0 Å². The minimum atomic E-state index is 0.407. The molecule has 2 rings (SSSR count). The molecule has 13 heavy (non-hydrogen) atoms. The number of aromatic nitrogens is 2. The van der Waals surface area contributed by atoms with Crippen LogP contribution >= 0.6 is 0 Å². The molecule has 0 aromatic carbocycles. The largest absolute Gasteiger partial charge is 0.382 e. The number of H-pyrrole nitrogens is 1. The minimum absolute atomic E-state index is 0.407. The van der Waals surface area contributed by atoms with E-state index < -0.39 is 0 Å². The lowest BCUT2D eigenvalue weighted by Crippen LogP contribution is -2.08. The van der Waals surface area contributed by atoms with Gasteiger partial charge < -0.3 is 5.73 Å². The highest BCUT2D eigenvalue weighted by atomic mass is 15.2. The van der Waals surface area contributed by atoms with Crippen molar-refractivity contribution in [3.05, 3.63) is 11.8 Å². The summed E-state index contributed by atoms with van der Waals surface area (Å²) in [5.74, 6) is 2.05. The molecule has 0 amide bonds. The summed E-state index contributed by atoms with van der Waals surface area (Å²) >= 11 is 0. The molecular formula is C10H17N3. The molecule has 1 aliphatic rings. The summed E-state index contributed by atoms with van der Waals surface area (Å²) in [6.45, 7) is 6.87. The maximum absolute atomic E-state index is 5.56. The molecule has 3 nitrogen and oxygen atoms in total. The van der Waals surface area contributed by atoms with E-state index in [-0.39, 0.29) is 0 Å². The Morgan fingerprint density at radius 3 is 2.62 bits per heavy atom. The van der Waals surface area contributed by atoms with E-state index in [4.69, 9.17) is 5.73 Å². The maximum atomic E-state index is 5.56. The number of nitrogens with two attached hydrogens (primary N) is 1. The van der Waals surface area contributed by atoms with E-state index in [0.717, 1.165) is 5.92 Å². The van der Waals surface area contributed by atoms with Crippen LogP contribution in [0.25, 0.3) is 0 Å². The number of aromatic amines is 1. The van der Waals surface area contributed by atoms with E-state index in [1.807, 2.05) is 6.07 Å². The van der Waals surface area contributed by atoms with Gasteiger partial charge in [-0.1, -0.05) is 20.8 Å². The highest BCUT2D eigenvalue weighted by Gasteiger charge is 2.46. The molecule has 0 spiro atoms. The molecule has 1 heterocycles. The second-order valence-corrected chi connectivity index (χ2v) is 5.06. The van der Waals surface area contributed by atoms with Gasteiger partial charge in [0.1, 0.15) is 5.82 Å². The van der Waals surface area contributed by atoms with Crippen molar-refractivity contribution in [3.8, 4) is 0 Å². The second kappa shape index (κ2) is 2.50. The Kier molecular flexibility index (Phi) is 1.65. The van der Waals surface area contributed by atoms with Crippen LogP contribution in [0.3, 0.4) is 0 Å². The molecule has 2 atom stereocenters. The number of nitrogens with one attached hydrogen (secondary N) is 1. The third-order valence-corrected chi connectivity index (χ3v) is 2.92. The molecule has 1 aromatic rings. The van der Waals surface area contributed by atoms with Gasteiger partial charge in [-0.3, -0.25) is 5.10 Å². The van der Waals surface area contributed by atoms with Crippen LogP contribution in [0.5, 0.6) is 0 Å². The minimum Gasteiger partial charge on any atom is -0.382 e. The van der Waals surface area contributed by atoms with Crippen molar-refractivity contribution in [1.29, 1.82) is 0 Å². The number of nitrogens with zero attached hydrogens (tertiary/aromatic N) is 1. The Bertz CT molecular complexity index is 308. The molecule has 0 saturated heterocycles. The van der Waals surface area contributed by atoms with Crippen LogP contribution in [0, 0.1) is 11.3 Å². The third kappa shape index (κ3) is 1.55. The van der Waals surface area contributed by atoms with Crippen LogP contribution in [-0.4, -0.2) is 10.2 Å². The molecule has 1 fully saturated rings. The van der Waals surface area contributed by atoms with Crippen molar-refractivity contribution >= 4 is 5.82 Å². The summed E-state index contributed by atoms with van der Waals surface area (Å²) in [6, 6.07) is 1.95. The standard InChI is InChI=1S/C10H17N3/c1-10(2,3)7-4-6(7)8-5-9(11)13-12-8/h5-7H,4H2,1-3H3,(H3,11,12,13). The maximum Gasteiger partial charge on any atom is 0.145 e. The molecule has 1 aliphatic carbocycles. The molecule has 0 bridgehead atoms. The first-order chi connectivity index (χ1) is 5.98. The highest BCUT2D eigenvalue weighted by Crippen LogP contribution is 2.56. The van der Waals surface area contributed by atoms with Crippen molar-refractivity contribution in [2.75, 3.05) is 5.73 Å².